The molecule has 0 saturated carbocycles. The summed E-state index contributed by atoms with van der Waals surface area (Å²) >= 11 is 0. The van der Waals surface area contributed by atoms with E-state index in [1.807, 2.05) is 0 Å². The zero-order valence-corrected chi connectivity index (χ0v) is 11.1. The first kappa shape index (κ1) is 14.4. The first-order valence-corrected chi connectivity index (χ1v) is 6.74. The summed E-state index contributed by atoms with van der Waals surface area (Å²) in [4.78, 5) is 2.37. The van der Waals surface area contributed by atoms with Crippen molar-refractivity contribution in [1.29, 1.82) is 5.26 Å². The molecule has 4 heteroatoms. The Morgan fingerprint density at radius 3 is 2.53 bits per heavy atom. The van der Waals surface area contributed by atoms with E-state index in [2.05, 4.69) is 30.1 Å². The van der Waals surface area contributed by atoms with Gasteiger partial charge in [-0.05, 0) is 31.8 Å². The lowest BCUT2D eigenvalue weighted by Crippen LogP contribution is -2.41. The molecule has 17 heavy (non-hydrogen) atoms. The molecule has 1 N–H and O–H groups in total. The van der Waals surface area contributed by atoms with Crippen molar-refractivity contribution in [2.45, 2.75) is 32.7 Å². The third-order valence-electron chi connectivity index (χ3n) is 3.56. The predicted octanol–water partition coefficient (Wildman–Crippen LogP) is 1.24. The second-order valence-corrected chi connectivity index (χ2v) is 4.54. The predicted molar refractivity (Wildman–Crippen MR) is 68.7 cm³/mol. The third kappa shape index (κ3) is 5.03. The van der Waals surface area contributed by atoms with E-state index in [1.54, 1.807) is 0 Å². The second-order valence-electron chi connectivity index (χ2n) is 4.54. The Kier molecular flexibility index (Phi) is 7.18. The molecular weight excluding hydrogens is 214 g/mol. The van der Waals surface area contributed by atoms with Crippen LogP contribution in [0.1, 0.15) is 26.7 Å². The Bertz CT molecular complexity index is 229. The molecule has 0 amide bonds. The fourth-order valence-corrected chi connectivity index (χ4v) is 2.28. The average molecular weight is 239 g/mol. The lowest BCUT2D eigenvalue weighted by atomic mass is 9.92. The number of likely N-dealkylation sites (N-methyl/N-ethyl adjacent to an activating group) is 1. The SMILES string of the molecule is CCN(CC)CCNC(C#N)C1CCOCC1. The normalized spacial score (nSPS) is 19.2. The lowest BCUT2D eigenvalue weighted by molar-refractivity contribution is 0.0596. The molecule has 1 aliphatic rings. The number of nitrogens with one attached hydrogen (secondary N) is 1. The first-order chi connectivity index (χ1) is 8.31. The zero-order valence-electron chi connectivity index (χ0n) is 11.1. The summed E-state index contributed by atoms with van der Waals surface area (Å²) in [5, 5.41) is 12.6. The molecule has 1 atom stereocenters. The largest absolute Gasteiger partial charge is 0.381 e. The zero-order chi connectivity index (χ0) is 12.5. The van der Waals surface area contributed by atoms with Gasteiger partial charge >= 0.3 is 0 Å². The number of nitriles is 1. The molecule has 0 aromatic heterocycles. The van der Waals surface area contributed by atoms with Gasteiger partial charge in [-0.2, -0.15) is 5.26 Å². The Morgan fingerprint density at radius 1 is 1.35 bits per heavy atom. The minimum absolute atomic E-state index is 0.00513. The molecular formula is C13H25N3O. The molecule has 0 aliphatic carbocycles. The van der Waals surface area contributed by atoms with Crippen LogP contribution in [0.3, 0.4) is 0 Å². The minimum Gasteiger partial charge on any atom is -0.381 e. The minimum atomic E-state index is -0.00513. The summed E-state index contributed by atoms with van der Waals surface area (Å²) in [6, 6.07) is 2.39. The van der Waals surface area contributed by atoms with Crippen molar-refractivity contribution in [3.63, 3.8) is 0 Å². The summed E-state index contributed by atoms with van der Waals surface area (Å²) in [6.07, 6.45) is 2.02. The molecule has 1 unspecified atom stereocenters. The fourth-order valence-electron chi connectivity index (χ4n) is 2.28. The van der Waals surface area contributed by atoms with Crippen molar-refractivity contribution >= 4 is 0 Å². The van der Waals surface area contributed by atoms with Crippen LogP contribution in [-0.4, -0.2) is 50.3 Å². The summed E-state index contributed by atoms with van der Waals surface area (Å²) in [7, 11) is 0. The quantitative estimate of drug-likeness (QED) is 0.726. The number of hydrogen-bond acceptors (Lipinski definition) is 4. The highest BCUT2D eigenvalue weighted by Gasteiger charge is 2.23. The van der Waals surface area contributed by atoms with Crippen molar-refractivity contribution in [3.05, 3.63) is 0 Å². The van der Waals surface area contributed by atoms with Crippen molar-refractivity contribution in [2.75, 3.05) is 39.4 Å². The van der Waals surface area contributed by atoms with Crippen LogP contribution in [0.25, 0.3) is 0 Å². The molecule has 0 spiro atoms. The lowest BCUT2D eigenvalue weighted by Gasteiger charge is -2.27. The molecule has 1 saturated heterocycles. The van der Waals surface area contributed by atoms with Crippen LogP contribution in [0.5, 0.6) is 0 Å². The highest BCUT2D eigenvalue weighted by Crippen LogP contribution is 2.18. The summed E-state index contributed by atoms with van der Waals surface area (Å²) in [5.74, 6) is 0.463. The van der Waals surface area contributed by atoms with Crippen LogP contribution >= 0.6 is 0 Å². The van der Waals surface area contributed by atoms with E-state index in [0.717, 1.165) is 52.2 Å². The molecule has 0 bridgehead atoms. The summed E-state index contributed by atoms with van der Waals surface area (Å²) < 4.78 is 5.33. The van der Waals surface area contributed by atoms with Crippen molar-refractivity contribution < 1.29 is 4.74 Å². The maximum Gasteiger partial charge on any atom is 0.0983 e. The van der Waals surface area contributed by atoms with Crippen LogP contribution in [-0.2, 0) is 4.74 Å². The smallest absolute Gasteiger partial charge is 0.0983 e. The maximum absolute atomic E-state index is 9.19. The van der Waals surface area contributed by atoms with Gasteiger partial charge in [0.1, 0.15) is 0 Å². The van der Waals surface area contributed by atoms with E-state index in [1.165, 1.54) is 0 Å². The monoisotopic (exact) mass is 239 g/mol. The molecule has 4 nitrogen and oxygen atoms in total. The van der Waals surface area contributed by atoms with Gasteiger partial charge in [-0.15, -0.1) is 0 Å². The van der Waals surface area contributed by atoms with Crippen LogP contribution in [0, 0.1) is 17.2 Å². The van der Waals surface area contributed by atoms with Gasteiger partial charge in [-0.25, -0.2) is 0 Å². The van der Waals surface area contributed by atoms with E-state index in [9.17, 15) is 5.26 Å². The topological polar surface area (TPSA) is 48.3 Å². The molecule has 1 fully saturated rings. The van der Waals surface area contributed by atoms with Gasteiger partial charge in [-0.3, -0.25) is 0 Å². The van der Waals surface area contributed by atoms with Gasteiger partial charge in [0.15, 0.2) is 0 Å². The van der Waals surface area contributed by atoms with E-state index >= 15 is 0 Å². The molecule has 0 aromatic rings. The van der Waals surface area contributed by atoms with Crippen LogP contribution in [0.2, 0.25) is 0 Å². The molecule has 1 rings (SSSR count). The van der Waals surface area contributed by atoms with Gasteiger partial charge in [-0.1, -0.05) is 13.8 Å². The van der Waals surface area contributed by atoms with Gasteiger partial charge in [0.05, 0.1) is 12.1 Å². The van der Waals surface area contributed by atoms with Crippen LogP contribution in [0.15, 0.2) is 0 Å². The fraction of sp³-hybridized carbons (Fsp3) is 0.923. The van der Waals surface area contributed by atoms with Gasteiger partial charge in [0, 0.05) is 26.3 Å². The molecule has 1 aliphatic heterocycles. The standard InChI is InChI=1S/C13H25N3O/c1-3-16(4-2)8-7-15-13(11-14)12-5-9-17-10-6-12/h12-13,15H,3-10H2,1-2H3. The molecule has 1 heterocycles. The van der Waals surface area contributed by atoms with E-state index in [4.69, 9.17) is 4.74 Å². The van der Waals surface area contributed by atoms with Gasteiger partial charge in [0.2, 0.25) is 0 Å². The van der Waals surface area contributed by atoms with Crippen LogP contribution < -0.4 is 5.32 Å². The van der Waals surface area contributed by atoms with E-state index < -0.39 is 0 Å². The Labute approximate surface area is 105 Å². The first-order valence-electron chi connectivity index (χ1n) is 6.74. The van der Waals surface area contributed by atoms with Crippen molar-refractivity contribution in [3.8, 4) is 6.07 Å². The summed E-state index contributed by atoms with van der Waals surface area (Å²) in [5.41, 5.74) is 0. The number of ether oxygens (including phenoxy) is 1. The molecule has 0 radical (unpaired) electrons. The highest BCUT2D eigenvalue weighted by molar-refractivity contribution is 4.95. The molecule has 98 valence electrons. The highest BCUT2D eigenvalue weighted by atomic mass is 16.5. The Hall–Kier alpha value is -0.630. The average Bonchev–Trinajstić information content (AvgIpc) is 2.40. The van der Waals surface area contributed by atoms with E-state index in [-0.39, 0.29) is 6.04 Å². The third-order valence-corrected chi connectivity index (χ3v) is 3.56. The molecule has 0 aromatic carbocycles. The maximum atomic E-state index is 9.19. The summed E-state index contributed by atoms with van der Waals surface area (Å²) in [6.45, 7) is 10.0. The van der Waals surface area contributed by atoms with Gasteiger partial charge in [0.25, 0.3) is 0 Å². The van der Waals surface area contributed by atoms with Crippen molar-refractivity contribution in [1.82, 2.24) is 10.2 Å². The second kappa shape index (κ2) is 8.46. The van der Waals surface area contributed by atoms with Crippen molar-refractivity contribution in [2.24, 2.45) is 5.92 Å². The Morgan fingerprint density at radius 2 is 2.00 bits per heavy atom. The van der Waals surface area contributed by atoms with Gasteiger partial charge < -0.3 is 15.0 Å². The Balaban J connectivity index is 2.24. The number of nitrogens with zero attached hydrogens (tertiary/aromatic N) is 2. The van der Waals surface area contributed by atoms with Crippen LogP contribution in [0.4, 0.5) is 0 Å². The van der Waals surface area contributed by atoms with E-state index in [0.29, 0.717) is 5.92 Å². The number of hydrogen-bond donors (Lipinski definition) is 1. The number of rotatable bonds is 7.